The number of likely N-dealkylation sites (N-methyl/N-ethyl adjacent to an activating group) is 1. The van der Waals surface area contributed by atoms with Gasteiger partial charge >= 0.3 is 0 Å². The molecule has 0 aromatic heterocycles. The van der Waals surface area contributed by atoms with E-state index < -0.39 is 6.04 Å². The van der Waals surface area contributed by atoms with Gasteiger partial charge in [-0.2, -0.15) is 0 Å². The van der Waals surface area contributed by atoms with Gasteiger partial charge in [-0.1, -0.05) is 0 Å². The summed E-state index contributed by atoms with van der Waals surface area (Å²) in [6.07, 6.45) is 0. The van der Waals surface area contributed by atoms with E-state index in [9.17, 15) is 9.59 Å². The Morgan fingerprint density at radius 1 is 1.35 bits per heavy atom. The van der Waals surface area contributed by atoms with Crippen molar-refractivity contribution in [2.24, 2.45) is 5.73 Å². The molecule has 0 bridgehead atoms. The Bertz CT molecular complexity index is 247. The standard InChI is InChI=1S/C10H21N3O3.ClH/c1-8(11)10(15)13(5-6-16-4)7-9(14)12(2)3;/h8H,5-7,11H2,1-4H3;1H. The summed E-state index contributed by atoms with van der Waals surface area (Å²) in [5.74, 6) is -0.377. The van der Waals surface area contributed by atoms with E-state index in [1.165, 1.54) is 9.80 Å². The van der Waals surface area contributed by atoms with Crippen LogP contribution in [0.25, 0.3) is 0 Å². The largest absolute Gasteiger partial charge is 0.383 e. The highest BCUT2D eigenvalue weighted by atomic mass is 35.5. The molecule has 2 amide bonds. The van der Waals surface area contributed by atoms with Crippen molar-refractivity contribution in [2.75, 3.05) is 40.9 Å². The van der Waals surface area contributed by atoms with Crippen LogP contribution in [-0.4, -0.2) is 68.6 Å². The second kappa shape index (κ2) is 9.21. The summed E-state index contributed by atoms with van der Waals surface area (Å²) in [5.41, 5.74) is 5.50. The van der Waals surface area contributed by atoms with Crippen LogP contribution in [-0.2, 0) is 14.3 Å². The second-order valence-corrected chi connectivity index (χ2v) is 3.83. The lowest BCUT2D eigenvalue weighted by atomic mass is 10.3. The first kappa shape index (κ1) is 18.5. The lowest BCUT2D eigenvalue weighted by Gasteiger charge is -2.24. The molecule has 17 heavy (non-hydrogen) atoms. The molecule has 0 aliphatic rings. The highest BCUT2D eigenvalue weighted by Gasteiger charge is 2.20. The van der Waals surface area contributed by atoms with Gasteiger partial charge in [-0.05, 0) is 6.92 Å². The molecule has 0 saturated heterocycles. The molecule has 6 nitrogen and oxygen atoms in total. The van der Waals surface area contributed by atoms with Crippen molar-refractivity contribution in [3.05, 3.63) is 0 Å². The van der Waals surface area contributed by atoms with E-state index in [2.05, 4.69) is 0 Å². The van der Waals surface area contributed by atoms with E-state index in [1.807, 2.05) is 0 Å². The van der Waals surface area contributed by atoms with Crippen molar-refractivity contribution in [1.82, 2.24) is 9.80 Å². The van der Waals surface area contributed by atoms with Gasteiger partial charge < -0.3 is 20.3 Å². The van der Waals surface area contributed by atoms with Crippen molar-refractivity contribution in [3.63, 3.8) is 0 Å². The summed E-state index contributed by atoms with van der Waals surface area (Å²) in [7, 11) is 4.84. The Morgan fingerprint density at radius 2 is 1.88 bits per heavy atom. The molecule has 0 radical (unpaired) electrons. The Kier molecular flexibility index (Phi) is 10.0. The molecule has 1 atom stereocenters. The maximum absolute atomic E-state index is 11.7. The number of hydrogen-bond acceptors (Lipinski definition) is 4. The van der Waals surface area contributed by atoms with E-state index in [-0.39, 0.29) is 30.8 Å². The normalized spacial score (nSPS) is 11.4. The Morgan fingerprint density at radius 3 is 2.24 bits per heavy atom. The van der Waals surface area contributed by atoms with Gasteiger partial charge in [0.1, 0.15) is 0 Å². The minimum Gasteiger partial charge on any atom is -0.383 e. The molecule has 0 spiro atoms. The first-order valence-corrected chi connectivity index (χ1v) is 5.13. The number of carbonyl (C=O) groups excluding carboxylic acids is 2. The van der Waals surface area contributed by atoms with Crippen LogP contribution in [0, 0.1) is 0 Å². The predicted octanol–water partition coefficient (Wildman–Crippen LogP) is -0.681. The number of ether oxygens (including phenoxy) is 1. The zero-order valence-electron chi connectivity index (χ0n) is 10.8. The molecule has 0 aliphatic heterocycles. The van der Waals surface area contributed by atoms with Crippen LogP contribution in [0.2, 0.25) is 0 Å². The van der Waals surface area contributed by atoms with Gasteiger partial charge in [0.25, 0.3) is 0 Å². The molecule has 2 N–H and O–H groups in total. The third-order valence-electron chi connectivity index (χ3n) is 2.09. The molecule has 0 saturated carbocycles. The number of nitrogens with two attached hydrogens (primary N) is 1. The Labute approximate surface area is 108 Å². The van der Waals surface area contributed by atoms with Crippen LogP contribution in [0.4, 0.5) is 0 Å². The molecule has 0 aromatic rings. The van der Waals surface area contributed by atoms with E-state index in [1.54, 1.807) is 28.1 Å². The second-order valence-electron chi connectivity index (χ2n) is 3.83. The summed E-state index contributed by atoms with van der Waals surface area (Å²) in [6.45, 7) is 2.40. The molecule has 7 heteroatoms. The van der Waals surface area contributed by atoms with Crippen molar-refractivity contribution in [3.8, 4) is 0 Å². The Hall–Kier alpha value is -0.850. The van der Waals surface area contributed by atoms with Crippen molar-refractivity contribution in [2.45, 2.75) is 13.0 Å². The fourth-order valence-corrected chi connectivity index (χ4v) is 1.06. The topological polar surface area (TPSA) is 75.9 Å². The summed E-state index contributed by atoms with van der Waals surface area (Å²) in [4.78, 5) is 26.0. The van der Waals surface area contributed by atoms with Crippen molar-refractivity contribution in [1.29, 1.82) is 0 Å². The number of hydrogen-bond donors (Lipinski definition) is 1. The summed E-state index contributed by atoms with van der Waals surface area (Å²) in [6, 6.07) is -0.605. The molecule has 102 valence electrons. The number of methoxy groups -OCH3 is 1. The summed E-state index contributed by atoms with van der Waals surface area (Å²) < 4.78 is 4.88. The first-order valence-electron chi connectivity index (χ1n) is 5.13. The van der Waals surface area contributed by atoms with Crippen molar-refractivity contribution >= 4 is 24.2 Å². The lowest BCUT2D eigenvalue weighted by Crippen LogP contribution is -2.47. The molecule has 0 aromatic carbocycles. The SMILES string of the molecule is COCCN(CC(=O)N(C)C)C(=O)C(C)N.Cl. The van der Waals surface area contributed by atoms with E-state index in [4.69, 9.17) is 10.5 Å². The number of nitrogens with zero attached hydrogens (tertiary/aromatic N) is 2. The molecule has 0 heterocycles. The smallest absolute Gasteiger partial charge is 0.241 e. The van der Waals surface area contributed by atoms with Crippen LogP contribution in [0.15, 0.2) is 0 Å². The van der Waals surface area contributed by atoms with Gasteiger partial charge in [-0.25, -0.2) is 0 Å². The van der Waals surface area contributed by atoms with Gasteiger partial charge in [0, 0.05) is 27.7 Å². The van der Waals surface area contributed by atoms with Crippen molar-refractivity contribution < 1.29 is 14.3 Å². The maximum Gasteiger partial charge on any atom is 0.241 e. The van der Waals surface area contributed by atoms with E-state index in [0.717, 1.165) is 0 Å². The molecule has 1 unspecified atom stereocenters. The summed E-state index contributed by atoms with van der Waals surface area (Å²) >= 11 is 0. The lowest BCUT2D eigenvalue weighted by molar-refractivity contribution is -0.140. The number of rotatable bonds is 6. The van der Waals surface area contributed by atoms with E-state index >= 15 is 0 Å². The van der Waals surface area contributed by atoms with Crippen LogP contribution >= 0.6 is 12.4 Å². The van der Waals surface area contributed by atoms with Crippen LogP contribution in [0.1, 0.15) is 6.92 Å². The highest BCUT2D eigenvalue weighted by molar-refractivity contribution is 5.87. The van der Waals surface area contributed by atoms with Crippen LogP contribution in [0.5, 0.6) is 0 Å². The van der Waals surface area contributed by atoms with Gasteiger partial charge in [-0.3, -0.25) is 9.59 Å². The van der Waals surface area contributed by atoms with Crippen LogP contribution in [0.3, 0.4) is 0 Å². The Balaban J connectivity index is 0. The highest BCUT2D eigenvalue weighted by Crippen LogP contribution is 1.95. The zero-order chi connectivity index (χ0) is 12.7. The minimum atomic E-state index is -0.605. The van der Waals surface area contributed by atoms with Crippen LogP contribution < -0.4 is 5.73 Å². The average Bonchev–Trinajstić information content (AvgIpc) is 2.22. The summed E-state index contributed by atoms with van der Waals surface area (Å²) in [5, 5.41) is 0. The third-order valence-corrected chi connectivity index (χ3v) is 2.09. The van der Waals surface area contributed by atoms with Gasteiger partial charge in [0.2, 0.25) is 11.8 Å². The molecule has 0 fully saturated rings. The number of amides is 2. The molecular formula is C10H22ClN3O3. The van der Waals surface area contributed by atoms with E-state index in [0.29, 0.717) is 13.2 Å². The predicted molar refractivity (Wildman–Crippen MR) is 68.0 cm³/mol. The fraction of sp³-hybridized carbons (Fsp3) is 0.800. The maximum atomic E-state index is 11.7. The minimum absolute atomic E-state index is 0. The number of halogens is 1. The third kappa shape index (κ3) is 7.14. The first-order chi connectivity index (χ1) is 7.40. The van der Waals surface area contributed by atoms with Gasteiger partial charge in [-0.15, -0.1) is 12.4 Å². The zero-order valence-corrected chi connectivity index (χ0v) is 11.6. The average molecular weight is 268 g/mol. The fourth-order valence-electron chi connectivity index (χ4n) is 1.06. The monoisotopic (exact) mass is 267 g/mol. The molecule has 0 rings (SSSR count). The quantitative estimate of drug-likeness (QED) is 0.692. The molecule has 0 aliphatic carbocycles. The molecular weight excluding hydrogens is 246 g/mol. The number of carbonyl (C=O) groups is 2. The van der Waals surface area contributed by atoms with Gasteiger partial charge in [0.15, 0.2) is 0 Å². The van der Waals surface area contributed by atoms with Gasteiger partial charge in [0.05, 0.1) is 19.2 Å².